The van der Waals surface area contributed by atoms with Crippen LogP contribution in [0.4, 0.5) is 0 Å². The van der Waals surface area contributed by atoms with E-state index in [-0.39, 0.29) is 30.8 Å². The Morgan fingerprint density at radius 2 is 1.86 bits per heavy atom. The van der Waals surface area contributed by atoms with Crippen LogP contribution in [-0.2, 0) is 21.2 Å². The molecule has 1 aromatic heterocycles. The van der Waals surface area contributed by atoms with Crippen molar-refractivity contribution in [1.82, 2.24) is 14.5 Å². The van der Waals surface area contributed by atoms with Crippen LogP contribution >= 0.6 is 0 Å². The summed E-state index contributed by atoms with van der Waals surface area (Å²) in [5.41, 5.74) is 0.818. The third-order valence-corrected chi connectivity index (χ3v) is 7.66. The van der Waals surface area contributed by atoms with Crippen molar-refractivity contribution in [2.75, 3.05) is 20.2 Å². The number of nitrogens with one attached hydrogen (secondary N) is 1. The number of carboxylic acid groups (broad SMARTS) is 1. The molecule has 2 aromatic rings. The van der Waals surface area contributed by atoms with Gasteiger partial charge >= 0.3 is 5.97 Å². The number of aliphatic carboxylic acids is 1. The van der Waals surface area contributed by atoms with Crippen molar-refractivity contribution in [3.8, 4) is 5.75 Å². The van der Waals surface area contributed by atoms with Gasteiger partial charge in [0.1, 0.15) is 10.6 Å². The highest BCUT2D eigenvalue weighted by Crippen LogP contribution is 2.38. The number of piperidine rings is 1. The van der Waals surface area contributed by atoms with Gasteiger partial charge in [-0.3, -0.25) is 9.89 Å². The molecule has 0 bridgehead atoms. The van der Waals surface area contributed by atoms with E-state index in [9.17, 15) is 18.3 Å². The number of methoxy groups -OCH3 is 1. The van der Waals surface area contributed by atoms with Crippen LogP contribution in [0.25, 0.3) is 0 Å². The molecule has 1 aliphatic heterocycles. The van der Waals surface area contributed by atoms with Gasteiger partial charge in [-0.1, -0.05) is 12.1 Å². The summed E-state index contributed by atoms with van der Waals surface area (Å²) in [5, 5.41) is 16.6. The zero-order chi connectivity index (χ0) is 20.5. The standard InChI is InChI=1S/C19H25N3O5S/c1-13-17(14(2)21-20-13)28(25,26)22-10-8-19(9-11-22,18(23)24)12-15-4-6-16(27-3)7-5-15/h4-7H,8-12H2,1-3H3,(H,20,21)(H,23,24). The van der Waals surface area contributed by atoms with Crippen molar-refractivity contribution in [1.29, 1.82) is 0 Å². The van der Waals surface area contributed by atoms with Gasteiger partial charge in [0, 0.05) is 13.1 Å². The van der Waals surface area contributed by atoms with E-state index >= 15 is 0 Å². The Morgan fingerprint density at radius 1 is 1.25 bits per heavy atom. The lowest BCUT2D eigenvalue weighted by molar-refractivity contribution is -0.151. The monoisotopic (exact) mass is 407 g/mol. The number of H-pyrrole nitrogens is 1. The van der Waals surface area contributed by atoms with Crippen LogP contribution in [0.5, 0.6) is 5.75 Å². The van der Waals surface area contributed by atoms with E-state index in [0.717, 1.165) is 5.56 Å². The summed E-state index contributed by atoms with van der Waals surface area (Å²) in [7, 11) is -2.13. The number of benzene rings is 1. The largest absolute Gasteiger partial charge is 0.497 e. The third kappa shape index (κ3) is 3.64. The molecule has 8 nitrogen and oxygen atoms in total. The quantitative estimate of drug-likeness (QED) is 0.759. The smallest absolute Gasteiger partial charge is 0.310 e. The van der Waals surface area contributed by atoms with E-state index in [2.05, 4.69) is 10.2 Å². The van der Waals surface area contributed by atoms with Gasteiger partial charge in [0.25, 0.3) is 0 Å². The highest BCUT2D eigenvalue weighted by Gasteiger charge is 2.44. The van der Waals surface area contributed by atoms with Gasteiger partial charge in [-0.2, -0.15) is 9.40 Å². The van der Waals surface area contributed by atoms with E-state index < -0.39 is 21.4 Å². The molecule has 0 unspecified atom stereocenters. The number of rotatable bonds is 6. The minimum absolute atomic E-state index is 0.162. The fourth-order valence-corrected chi connectivity index (χ4v) is 5.58. The van der Waals surface area contributed by atoms with E-state index in [1.165, 1.54) is 4.31 Å². The second kappa shape index (κ2) is 7.56. The molecule has 0 radical (unpaired) electrons. The zero-order valence-electron chi connectivity index (χ0n) is 16.2. The highest BCUT2D eigenvalue weighted by molar-refractivity contribution is 7.89. The summed E-state index contributed by atoms with van der Waals surface area (Å²) in [6.07, 6.45) is 0.858. The normalized spacial score (nSPS) is 17.4. The van der Waals surface area contributed by atoms with Gasteiger partial charge in [0.2, 0.25) is 10.0 Å². The van der Waals surface area contributed by atoms with Crippen LogP contribution in [0, 0.1) is 19.3 Å². The van der Waals surface area contributed by atoms with Crippen molar-refractivity contribution in [2.24, 2.45) is 5.41 Å². The Kier molecular flexibility index (Phi) is 5.49. The van der Waals surface area contributed by atoms with Gasteiger partial charge in [0.15, 0.2) is 0 Å². The van der Waals surface area contributed by atoms with E-state index in [1.807, 2.05) is 12.1 Å². The molecule has 1 saturated heterocycles. The topological polar surface area (TPSA) is 113 Å². The maximum atomic E-state index is 13.0. The summed E-state index contributed by atoms with van der Waals surface area (Å²) in [4.78, 5) is 12.3. The molecule has 0 aliphatic carbocycles. The zero-order valence-corrected chi connectivity index (χ0v) is 17.0. The van der Waals surface area contributed by atoms with E-state index in [4.69, 9.17) is 4.74 Å². The molecule has 1 aliphatic rings. The predicted octanol–water partition coefficient (Wildman–Crippen LogP) is 2.13. The second-order valence-corrected chi connectivity index (χ2v) is 9.15. The first-order chi connectivity index (χ1) is 13.2. The molecule has 152 valence electrons. The number of aromatic nitrogens is 2. The van der Waals surface area contributed by atoms with Crippen molar-refractivity contribution in [3.05, 3.63) is 41.2 Å². The molecule has 0 amide bonds. The molecule has 9 heteroatoms. The Labute approximate surface area is 164 Å². The summed E-state index contributed by atoms with van der Waals surface area (Å²) < 4.78 is 32.5. The second-order valence-electron chi connectivity index (χ2n) is 7.28. The number of hydrogen-bond acceptors (Lipinski definition) is 5. The minimum Gasteiger partial charge on any atom is -0.497 e. The van der Waals surface area contributed by atoms with E-state index in [0.29, 0.717) is 23.6 Å². The van der Waals surface area contributed by atoms with Gasteiger partial charge < -0.3 is 9.84 Å². The van der Waals surface area contributed by atoms with Crippen LogP contribution in [-0.4, -0.2) is 54.2 Å². The number of ether oxygens (including phenoxy) is 1. The fraction of sp³-hybridized carbons (Fsp3) is 0.474. The van der Waals surface area contributed by atoms with Crippen molar-refractivity contribution in [3.63, 3.8) is 0 Å². The first-order valence-electron chi connectivity index (χ1n) is 9.08. The van der Waals surface area contributed by atoms with E-state index in [1.54, 1.807) is 33.1 Å². The highest BCUT2D eigenvalue weighted by atomic mass is 32.2. The van der Waals surface area contributed by atoms with Crippen LogP contribution in [0.15, 0.2) is 29.2 Å². The van der Waals surface area contributed by atoms with Gasteiger partial charge in [0.05, 0.1) is 23.9 Å². The average molecular weight is 407 g/mol. The molecule has 1 aromatic carbocycles. The lowest BCUT2D eigenvalue weighted by Gasteiger charge is -2.38. The Balaban J connectivity index is 1.79. The Morgan fingerprint density at radius 3 is 2.32 bits per heavy atom. The van der Waals surface area contributed by atoms with Crippen LogP contribution in [0.2, 0.25) is 0 Å². The molecule has 0 spiro atoms. The minimum atomic E-state index is -3.71. The number of aryl methyl sites for hydroxylation is 2. The first-order valence-corrected chi connectivity index (χ1v) is 10.5. The molecule has 1 fully saturated rings. The third-order valence-electron chi connectivity index (χ3n) is 5.49. The number of sulfonamides is 1. The molecule has 0 atom stereocenters. The van der Waals surface area contributed by atoms with Gasteiger partial charge in [-0.05, 0) is 50.8 Å². The maximum Gasteiger partial charge on any atom is 0.310 e. The summed E-state index contributed by atoms with van der Waals surface area (Å²) in [6, 6.07) is 7.31. The molecule has 2 heterocycles. The number of aromatic amines is 1. The molecular formula is C19H25N3O5S. The average Bonchev–Trinajstić information content (AvgIpc) is 3.01. The first kappa shape index (κ1) is 20.3. The SMILES string of the molecule is COc1ccc(CC2(C(=O)O)CCN(S(=O)(=O)c3c(C)n[nH]c3C)CC2)cc1. The van der Waals surface area contributed by atoms with Crippen molar-refractivity contribution >= 4 is 16.0 Å². The summed E-state index contributed by atoms with van der Waals surface area (Å²) in [5.74, 6) is -0.184. The summed E-state index contributed by atoms with van der Waals surface area (Å²) in [6.45, 7) is 3.64. The number of hydrogen-bond donors (Lipinski definition) is 2. The number of nitrogens with zero attached hydrogens (tertiary/aromatic N) is 2. The molecule has 3 rings (SSSR count). The maximum absolute atomic E-state index is 13.0. The van der Waals surface area contributed by atoms with Crippen LogP contribution < -0.4 is 4.74 Å². The molecule has 2 N–H and O–H groups in total. The summed E-state index contributed by atoms with van der Waals surface area (Å²) >= 11 is 0. The van der Waals surface area contributed by atoms with Crippen molar-refractivity contribution < 1.29 is 23.1 Å². The van der Waals surface area contributed by atoms with Crippen LogP contribution in [0.3, 0.4) is 0 Å². The molecule has 0 saturated carbocycles. The number of carbonyl (C=O) groups is 1. The molecular weight excluding hydrogens is 382 g/mol. The lowest BCUT2D eigenvalue weighted by Crippen LogP contribution is -2.47. The Bertz CT molecular complexity index is 938. The molecule has 28 heavy (non-hydrogen) atoms. The number of carboxylic acids is 1. The van der Waals surface area contributed by atoms with Crippen molar-refractivity contribution in [2.45, 2.75) is 38.0 Å². The van der Waals surface area contributed by atoms with Crippen LogP contribution in [0.1, 0.15) is 29.8 Å². The predicted molar refractivity (Wildman–Crippen MR) is 103 cm³/mol. The van der Waals surface area contributed by atoms with Gasteiger partial charge in [-0.15, -0.1) is 0 Å². The Hall–Kier alpha value is -2.39. The van der Waals surface area contributed by atoms with Gasteiger partial charge in [-0.25, -0.2) is 8.42 Å². The lowest BCUT2D eigenvalue weighted by atomic mass is 9.74. The fourth-order valence-electron chi connectivity index (χ4n) is 3.80.